The number of primary amides is 1. The molecule has 0 heterocycles. The molecule has 0 saturated carbocycles. The highest BCUT2D eigenvalue weighted by Gasteiger charge is 2.30. The van der Waals surface area contributed by atoms with Crippen molar-refractivity contribution in [1.29, 1.82) is 0 Å². The summed E-state index contributed by atoms with van der Waals surface area (Å²) < 4.78 is 4.95. The van der Waals surface area contributed by atoms with Gasteiger partial charge in [0.05, 0.1) is 7.11 Å². The molecule has 0 aliphatic heterocycles. The predicted octanol–water partition coefficient (Wildman–Crippen LogP) is 1.03. The molecule has 0 fully saturated rings. The van der Waals surface area contributed by atoms with E-state index in [2.05, 4.69) is 0 Å². The number of ether oxygens (including phenoxy) is 1. The molecule has 1 aliphatic carbocycles. The zero-order valence-corrected chi connectivity index (χ0v) is 10.8. The van der Waals surface area contributed by atoms with Gasteiger partial charge in [0.15, 0.2) is 11.5 Å². The van der Waals surface area contributed by atoms with Crippen molar-refractivity contribution in [1.82, 2.24) is 0 Å². The number of carbonyl (C=O) groups excluding carboxylic acids is 3. The lowest BCUT2D eigenvalue weighted by atomic mass is 9.87. The number of amides is 1. The maximum atomic E-state index is 12.1. The maximum Gasteiger partial charge on any atom is 0.224 e. The summed E-state index contributed by atoms with van der Waals surface area (Å²) in [5.41, 5.74) is 6.21. The Kier molecular flexibility index (Phi) is 4.42. The minimum Gasteiger partial charge on any atom is -0.492 e. The van der Waals surface area contributed by atoms with Crippen LogP contribution in [0.25, 0.3) is 0 Å². The molecule has 1 rings (SSSR count). The van der Waals surface area contributed by atoms with Gasteiger partial charge in [0.25, 0.3) is 0 Å². The Labute approximate surface area is 106 Å². The van der Waals surface area contributed by atoms with Crippen molar-refractivity contribution in [2.45, 2.75) is 33.1 Å². The van der Waals surface area contributed by atoms with Crippen molar-refractivity contribution in [3.63, 3.8) is 0 Å². The molecule has 1 amide bonds. The summed E-state index contributed by atoms with van der Waals surface area (Å²) in [4.78, 5) is 34.7. The first-order valence-electron chi connectivity index (χ1n) is 5.72. The number of hydrogen-bond acceptors (Lipinski definition) is 4. The van der Waals surface area contributed by atoms with Gasteiger partial charge in [0, 0.05) is 23.1 Å². The van der Waals surface area contributed by atoms with Gasteiger partial charge in [-0.15, -0.1) is 0 Å². The Bertz CT molecular complexity index is 471. The summed E-state index contributed by atoms with van der Waals surface area (Å²) in [6.45, 7) is 3.17. The minimum absolute atomic E-state index is 0.108. The number of carbonyl (C=O) groups is 3. The number of ketones is 2. The van der Waals surface area contributed by atoms with E-state index in [1.54, 1.807) is 13.8 Å². The first-order valence-corrected chi connectivity index (χ1v) is 5.72. The van der Waals surface area contributed by atoms with Gasteiger partial charge in [-0.3, -0.25) is 14.4 Å². The Hall–Kier alpha value is -1.91. The molecular weight excluding hydrogens is 234 g/mol. The van der Waals surface area contributed by atoms with E-state index in [1.807, 2.05) is 0 Å². The van der Waals surface area contributed by atoms with Gasteiger partial charge in [-0.2, -0.15) is 0 Å². The second-order valence-electron chi connectivity index (χ2n) is 4.24. The molecule has 0 spiro atoms. The van der Waals surface area contributed by atoms with Crippen LogP contribution in [0.5, 0.6) is 0 Å². The van der Waals surface area contributed by atoms with E-state index in [0.717, 1.165) is 0 Å². The van der Waals surface area contributed by atoms with Crippen molar-refractivity contribution in [2.75, 3.05) is 7.11 Å². The van der Waals surface area contributed by atoms with E-state index in [9.17, 15) is 14.4 Å². The molecule has 0 aromatic carbocycles. The zero-order chi connectivity index (χ0) is 13.9. The fraction of sp³-hybridized carbons (Fsp3) is 0.462. The Balaban J connectivity index is 2.92. The molecule has 0 radical (unpaired) electrons. The molecule has 18 heavy (non-hydrogen) atoms. The zero-order valence-electron chi connectivity index (χ0n) is 10.8. The number of methoxy groups -OCH3 is 1. The smallest absolute Gasteiger partial charge is 0.224 e. The third kappa shape index (κ3) is 2.67. The van der Waals surface area contributed by atoms with Crippen molar-refractivity contribution in [2.24, 2.45) is 5.73 Å². The number of hydrogen-bond donors (Lipinski definition) is 1. The van der Waals surface area contributed by atoms with Crippen LogP contribution in [0.15, 0.2) is 22.5 Å². The Morgan fingerprint density at radius 3 is 2.28 bits per heavy atom. The summed E-state index contributed by atoms with van der Waals surface area (Å²) in [5, 5.41) is 0. The minimum atomic E-state index is -0.410. The number of allylic oxidation sites excluding steroid dienone is 3. The summed E-state index contributed by atoms with van der Waals surface area (Å²) in [6, 6.07) is 0. The van der Waals surface area contributed by atoms with Crippen LogP contribution in [0.1, 0.15) is 33.1 Å². The van der Waals surface area contributed by atoms with E-state index in [4.69, 9.17) is 10.5 Å². The highest BCUT2D eigenvalue weighted by atomic mass is 16.5. The molecule has 98 valence electrons. The van der Waals surface area contributed by atoms with Gasteiger partial charge in [-0.25, -0.2) is 0 Å². The Morgan fingerprint density at radius 2 is 1.78 bits per heavy atom. The topological polar surface area (TPSA) is 86.5 Å². The van der Waals surface area contributed by atoms with Crippen LogP contribution in [0.3, 0.4) is 0 Å². The molecule has 5 nitrogen and oxygen atoms in total. The van der Waals surface area contributed by atoms with Crippen LogP contribution in [-0.4, -0.2) is 24.6 Å². The van der Waals surface area contributed by atoms with E-state index < -0.39 is 5.91 Å². The van der Waals surface area contributed by atoms with E-state index in [1.165, 1.54) is 7.11 Å². The standard InChI is InChI=1S/C13H17NO4/c1-7-9(5-4-6-10(14)15)11(16)8(2)13(18-3)12(7)17/h4-6H2,1-3H3,(H2,14,15). The normalized spacial score (nSPS) is 16.4. The first kappa shape index (κ1) is 14.2. The summed E-state index contributed by atoms with van der Waals surface area (Å²) in [5.74, 6) is -0.749. The average Bonchev–Trinajstić information content (AvgIpc) is 2.31. The van der Waals surface area contributed by atoms with Crippen molar-refractivity contribution in [3.05, 3.63) is 22.5 Å². The van der Waals surface area contributed by atoms with Gasteiger partial charge in [0.1, 0.15) is 0 Å². The molecule has 2 N–H and O–H groups in total. The highest BCUT2D eigenvalue weighted by Crippen LogP contribution is 2.27. The summed E-state index contributed by atoms with van der Waals surface area (Å²) >= 11 is 0. The fourth-order valence-electron chi connectivity index (χ4n) is 1.96. The Morgan fingerprint density at radius 1 is 1.17 bits per heavy atom. The second kappa shape index (κ2) is 5.62. The van der Waals surface area contributed by atoms with Gasteiger partial charge >= 0.3 is 0 Å². The maximum absolute atomic E-state index is 12.1. The van der Waals surface area contributed by atoms with Crippen molar-refractivity contribution >= 4 is 17.5 Å². The molecule has 0 bridgehead atoms. The van der Waals surface area contributed by atoms with Gasteiger partial charge in [-0.05, 0) is 26.7 Å². The molecule has 1 aliphatic rings. The average molecular weight is 251 g/mol. The number of nitrogens with two attached hydrogens (primary N) is 1. The lowest BCUT2D eigenvalue weighted by Gasteiger charge is -2.19. The quantitative estimate of drug-likeness (QED) is 0.739. The highest BCUT2D eigenvalue weighted by molar-refractivity contribution is 6.23. The van der Waals surface area contributed by atoms with Crippen LogP contribution in [0.4, 0.5) is 0 Å². The first-order chi connectivity index (χ1) is 8.40. The van der Waals surface area contributed by atoms with E-state index in [-0.39, 0.29) is 23.7 Å². The van der Waals surface area contributed by atoms with E-state index in [0.29, 0.717) is 29.6 Å². The third-order valence-electron chi connectivity index (χ3n) is 3.01. The van der Waals surface area contributed by atoms with Crippen LogP contribution < -0.4 is 5.73 Å². The monoisotopic (exact) mass is 251 g/mol. The van der Waals surface area contributed by atoms with Crippen LogP contribution in [-0.2, 0) is 19.1 Å². The summed E-state index contributed by atoms with van der Waals surface area (Å²) in [7, 11) is 1.37. The van der Waals surface area contributed by atoms with Gasteiger partial charge < -0.3 is 10.5 Å². The molecule has 0 saturated heterocycles. The van der Waals surface area contributed by atoms with Crippen LogP contribution >= 0.6 is 0 Å². The van der Waals surface area contributed by atoms with Crippen LogP contribution in [0.2, 0.25) is 0 Å². The fourth-order valence-corrected chi connectivity index (χ4v) is 1.96. The molecule has 0 atom stereocenters. The molecule has 0 aromatic heterocycles. The number of Topliss-reactive ketones (excluding diaryl/α,β-unsaturated/α-hetero) is 2. The lowest BCUT2D eigenvalue weighted by molar-refractivity contribution is -0.119. The van der Waals surface area contributed by atoms with Crippen molar-refractivity contribution < 1.29 is 19.1 Å². The SMILES string of the molecule is COC1=C(C)C(=O)C(CCCC(N)=O)=C(C)C1=O. The largest absolute Gasteiger partial charge is 0.492 e. The lowest BCUT2D eigenvalue weighted by Crippen LogP contribution is -2.23. The second-order valence-corrected chi connectivity index (χ2v) is 4.24. The molecule has 5 heteroatoms. The van der Waals surface area contributed by atoms with Crippen molar-refractivity contribution in [3.8, 4) is 0 Å². The predicted molar refractivity (Wildman–Crippen MR) is 65.5 cm³/mol. The van der Waals surface area contributed by atoms with E-state index >= 15 is 0 Å². The third-order valence-corrected chi connectivity index (χ3v) is 3.01. The molecule has 0 unspecified atom stereocenters. The van der Waals surface area contributed by atoms with Crippen LogP contribution in [0, 0.1) is 0 Å². The van der Waals surface area contributed by atoms with Gasteiger partial charge in [0.2, 0.25) is 11.7 Å². The molecular formula is C13H17NO4. The molecule has 0 aromatic rings. The van der Waals surface area contributed by atoms with Gasteiger partial charge in [-0.1, -0.05) is 0 Å². The summed E-state index contributed by atoms with van der Waals surface area (Å²) in [6.07, 6.45) is 1.06. The number of rotatable bonds is 5.